The minimum absolute atomic E-state index is 0.0248. The van der Waals surface area contributed by atoms with Crippen LogP contribution in [0.4, 0.5) is 8.78 Å². The highest BCUT2D eigenvalue weighted by Crippen LogP contribution is 2.39. The van der Waals surface area contributed by atoms with E-state index >= 15 is 0 Å². The Bertz CT molecular complexity index is 1670. The monoisotopic (exact) mass is 716 g/mol. The molecule has 246 valence electrons. The lowest BCUT2D eigenvalue weighted by Gasteiger charge is -2.26. The Hall–Kier alpha value is -3.17. The van der Waals surface area contributed by atoms with Gasteiger partial charge in [-0.25, -0.2) is 18.0 Å². The van der Waals surface area contributed by atoms with Crippen LogP contribution >= 0.6 is 35.0 Å². The van der Waals surface area contributed by atoms with E-state index in [9.17, 15) is 26.8 Å². The van der Waals surface area contributed by atoms with E-state index in [1.807, 2.05) is 0 Å². The van der Waals surface area contributed by atoms with Crippen molar-refractivity contribution in [1.29, 1.82) is 0 Å². The van der Waals surface area contributed by atoms with Gasteiger partial charge >= 0.3 is 18.6 Å². The predicted molar refractivity (Wildman–Crippen MR) is 166 cm³/mol. The molecule has 3 aromatic rings. The van der Waals surface area contributed by atoms with Crippen LogP contribution in [0.2, 0.25) is 10.0 Å². The fourth-order valence-electron chi connectivity index (χ4n) is 4.67. The van der Waals surface area contributed by atoms with E-state index in [1.54, 1.807) is 0 Å². The first-order valence-corrected chi connectivity index (χ1v) is 17.2. The van der Waals surface area contributed by atoms with Gasteiger partial charge in [0.2, 0.25) is 10.0 Å². The van der Waals surface area contributed by atoms with Gasteiger partial charge < -0.3 is 18.9 Å². The van der Waals surface area contributed by atoms with E-state index in [2.05, 4.69) is 14.5 Å². The van der Waals surface area contributed by atoms with Gasteiger partial charge in [0.1, 0.15) is 6.10 Å². The summed E-state index contributed by atoms with van der Waals surface area (Å²) in [5, 5.41) is -0.847. The minimum atomic E-state index is -4.19. The van der Waals surface area contributed by atoms with Crippen molar-refractivity contribution in [3.8, 4) is 11.5 Å². The van der Waals surface area contributed by atoms with Gasteiger partial charge in [0.05, 0.1) is 34.2 Å². The van der Waals surface area contributed by atoms with Gasteiger partial charge in [-0.15, -0.1) is 11.8 Å². The highest BCUT2D eigenvalue weighted by atomic mass is 35.5. The molecule has 0 spiro atoms. The molecule has 2 aromatic carbocycles. The number of carbonyl (C=O) groups excluding carboxylic acids is 2. The Morgan fingerprint density at radius 2 is 1.76 bits per heavy atom. The van der Waals surface area contributed by atoms with Crippen LogP contribution in [0.5, 0.6) is 11.5 Å². The summed E-state index contributed by atoms with van der Waals surface area (Å²) in [6.07, 6.45) is 3.51. The maximum absolute atomic E-state index is 13.7. The number of ether oxygens (including phenoxy) is 4. The molecule has 1 aromatic heterocycles. The summed E-state index contributed by atoms with van der Waals surface area (Å²) in [4.78, 5) is 29.4. The molecule has 0 amide bonds. The number of alkyl halides is 2. The zero-order valence-electron chi connectivity index (χ0n) is 24.2. The maximum Gasteiger partial charge on any atom is 0.387 e. The van der Waals surface area contributed by atoms with Gasteiger partial charge in [0.25, 0.3) is 0 Å². The van der Waals surface area contributed by atoms with Crippen molar-refractivity contribution < 1.29 is 45.7 Å². The van der Waals surface area contributed by atoms with Crippen molar-refractivity contribution in [2.45, 2.75) is 42.2 Å². The highest BCUT2D eigenvalue weighted by Gasteiger charge is 2.42. The molecular weight excluding hydrogens is 689 g/mol. The smallest absolute Gasteiger partial charge is 0.387 e. The van der Waals surface area contributed by atoms with Crippen LogP contribution < -0.4 is 9.47 Å². The number of hydrogen-bond acceptors (Lipinski definition) is 10. The third-order valence-electron chi connectivity index (χ3n) is 7.26. The number of nitrogens with zero attached hydrogens (tertiary/aromatic N) is 2. The molecule has 2 aliphatic rings. The molecule has 2 unspecified atom stereocenters. The van der Waals surface area contributed by atoms with Crippen LogP contribution in [0, 0.1) is 5.92 Å². The number of methoxy groups -OCH3 is 1. The lowest BCUT2D eigenvalue weighted by atomic mass is 10.0. The van der Waals surface area contributed by atoms with Crippen LogP contribution in [-0.2, 0) is 30.7 Å². The molecule has 1 aliphatic carbocycles. The molecule has 5 rings (SSSR count). The molecule has 16 heteroatoms. The average molecular weight is 718 g/mol. The SMILES string of the molecule is COC(=O)c1ccc(S(=O)(=O)N2CCSC2C(=O)OC(Cc2c(Cl)cncc2Cl)c2ccc(OC(F)F)c(OCC3CC3)c2)cc1. The summed E-state index contributed by atoms with van der Waals surface area (Å²) >= 11 is 13.8. The van der Waals surface area contributed by atoms with E-state index in [0.29, 0.717) is 29.4 Å². The molecule has 10 nitrogen and oxygen atoms in total. The molecule has 0 N–H and O–H groups in total. The van der Waals surface area contributed by atoms with Gasteiger partial charge in [0.15, 0.2) is 16.9 Å². The van der Waals surface area contributed by atoms with Gasteiger partial charge in [-0.3, -0.25) is 4.98 Å². The number of benzene rings is 2. The number of halogens is 4. The third-order valence-corrected chi connectivity index (χ3v) is 11.1. The largest absolute Gasteiger partial charge is 0.489 e. The Morgan fingerprint density at radius 3 is 2.39 bits per heavy atom. The zero-order chi connectivity index (χ0) is 33.0. The van der Waals surface area contributed by atoms with E-state index in [0.717, 1.165) is 28.9 Å². The number of esters is 2. The van der Waals surface area contributed by atoms with Crippen LogP contribution in [-0.4, -0.2) is 67.6 Å². The number of carbonyl (C=O) groups is 2. The molecule has 1 aliphatic heterocycles. The van der Waals surface area contributed by atoms with Crippen molar-refractivity contribution >= 4 is 56.9 Å². The lowest BCUT2D eigenvalue weighted by molar-refractivity contribution is -0.150. The number of thioether (sulfide) groups is 1. The number of rotatable bonds is 13. The normalized spacial score (nSPS) is 17.5. The van der Waals surface area contributed by atoms with Gasteiger partial charge in [-0.1, -0.05) is 29.3 Å². The van der Waals surface area contributed by atoms with Crippen LogP contribution in [0.1, 0.15) is 40.4 Å². The second-order valence-corrected chi connectivity index (χ2v) is 14.3. The second-order valence-electron chi connectivity index (χ2n) is 10.4. The van der Waals surface area contributed by atoms with Gasteiger partial charge in [-0.2, -0.15) is 13.1 Å². The summed E-state index contributed by atoms with van der Waals surface area (Å²) in [6.45, 7) is -2.78. The lowest BCUT2D eigenvalue weighted by Crippen LogP contribution is -2.40. The topological polar surface area (TPSA) is 121 Å². The number of hydrogen-bond donors (Lipinski definition) is 0. The second kappa shape index (κ2) is 14.7. The van der Waals surface area contributed by atoms with Crippen molar-refractivity contribution in [2.24, 2.45) is 5.92 Å². The molecule has 2 atom stereocenters. The predicted octanol–water partition coefficient (Wildman–Crippen LogP) is 6.16. The highest BCUT2D eigenvalue weighted by molar-refractivity contribution is 8.02. The van der Waals surface area contributed by atoms with Crippen LogP contribution in [0.25, 0.3) is 0 Å². The molecule has 0 bridgehead atoms. The molecule has 46 heavy (non-hydrogen) atoms. The summed E-state index contributed by atoms with van der Waals surface area (Å²) < 4.78 is 75.6. The van der Waals surface area contributed by atoms with E-state index < -0.39 is 40.1 Å². The van der Waals surface area contributed by atoms with E-state index in [4.69, 9.17) is 32.7 Å². The Morgan fingerprint density at radius 1 is 1.07 bits per heavy atom. The number of sulfonamides is 1. The standard InChI is InChI=1S/C30H28Cl2F2N2O8S2/c1-41-28(37)18-4-7-20(8-5-18)46(39,40)36-10-11-45-27(36)29(38)43-25(13-21-22(31)14-35-15-23(21)32)19-6-9-24(44-30(33)34)26(12-19)42-16-17-2-3-17/h4-9,12,14-15,17,25,27,30H,2-3,10-11,13,16H2,1H3. The van der Waals surface area contributed by atoms with Crippen LogP contribution in [0.3, 0.4) is 0 Å². The number of pyridine rings is 1. The van der Waals surface area contributed by atoms with E-state index in [-0.39, 0.29) is 45.0 Å². The Labute approximate surface area is 278 Å². The fourth-order valence-corrected chi connectivity index (χ4v) is 8.24. The van der Waals surface area contributed by atoms with Crippen LogP contribution in [0.15, 0.2) is 59.8 Å². The molecular formula is C30H28Cl2F2N2O8S2. The summed E-state index contributed by atoms with van der Waals surface area (Å²) in [6, 6.07) is 9.34. The summed E-state index contributed by atoms with van der Waals surface area (Å²) in [5.74, 6) is -1.03. The minimum Gasteiger partial charge on any atom is -0.489 e. The van der Waals surface area contributed by atoms with Gasteiger partial charge in [-0.05, 0) is 66.3 Å². The molecule has 1 saturated heterocycles. The third kappa shape index (κ3) is 8.03. The summed E-state index contributed by atoms with van der Waals surface area (Å²) in [7, 11) is -2.98. The first-order chi connectivity index (χ1) is 22.0. The molecule has 1 saturated carbocycles. The fraction of sp³-hybridized carbons (Fsp3) is 0.367. The first kappa shape index (κ1) is 34.2. The molecule has 0 radical (unpaired) electrons. The van der Waals surface area contributed by atoms with E-state index in [1.165, 1.54) is 62.0 Å². The number of aromatic nitrogens is 1. The zero-order valence-corrected chi connectivity index (χ0v) is 27.4. The van der Waals surface area contributed by atoms with Crippen molar-refractivity contribution in [3.05, 3.63) is 81.6 Å². The maximum atomic E-state index is 13.7. The first-order valence-electron chi connectivity index (χ1n) is 14.0. The van der Waals surface area contributed by atoms with Crippen molar-refractivity contribution in [2.75, 3.05) is 26.0 Å². The molecule has 2 fully saturated rings. The summed E-state index contributed by atoms with van der Waals surface area (Å²) in [5.41, 5.74) is 0.911. The van der Waals surface area contributed by atoms with Gasteiger partial charge in [0, 0.05) is 31.1 Å². The Kier molecular flexibility index (Phi) is 10.9. The average Bonchev–Trinajstić information content (AvgIpc) is 3.72. The van der Waals surface area contributed by atoms with Crippen molar-refractivity contribution in [1.82, 2.24) is 9.29 Å². The quantitative estimate of drug-likeness (QED) is 0.190. The molecule has 2 heterocycles. The van der Waals surface area contributed by atoms with Crippen molar-refractivity contribution in [3.63, 3.8) is 0 Å². The Balaban J connectivity index is 1.44.